The summed E-state index contributed by atoms with van der Waals surface area (Å²) < 4.78 is 43.6. The van der Waals surface area contributed by atoms with Crippen LogP contribution < -0.4 is 20.5 Å². The van der Waals surface area contributed by atoms with Gasteiger partial charge in [-0.2, -0.15) is 0 Å². The maximum absolute atomic E-state index is 13.7. The van der Waals surface area contributed by atoms with Crippen molar-refractivity contribution in [1.82, 2.24) is 5.32 Å². The van der Waals surface area contributed by atoms with Gasteiger partial charge in [-0.1, -0.05) is 23.8 Å². The van der Waals surface area contributed by atoms with Gasteiger partial charge in [-0.05, 0) is 57.5 Å². The van der Waals surface area contributed by atoms with E-state index in [9.17, 15) is 13.2 Å². The highest BCUT2D eigenvalue weighted by Crippen LogP contribution is 2.58. The quantitative estimate of drug-likeness (QED) is 0.705. The van der Waals surface area contributed by atoms with Crippen molar-refractivity contribution in [3.63, 3.8) is 0 Å². The zero-order chi connectivity index (χ0) is 23.3. The molecule has 2 aromatic carbocycles. The second-order valence-corrected chi connectivity index (χ2v) is 11.3. The molecule has 1 aliphatic heterocycles. The third-order valence-electron chi connectivity index (χ3n) is 5.77. The fourth-order valence-corrected chi connectivity index (χ4v) is 6.59. The van der Waals surface area contributed by atoms with Gasteiger partial charge in [-0.25, -0.2) is 13.2 Å². The molecule has 1 aliphatic carbocycles. The predicted molar refractivity (Wildman–Crippen MR) is 119 cm³/mol. The number of alkyl carbamates (subject to hydrolysis) is 1. The van der Waals surface area contributed by atoms with Crippen molar-refractivity contribution in [3.8, 4) is 11.5 Å². The Hall–Kier alpha value is -2.78. The van der Waals surface area contributed by atoms with Gasteiger partial charge in [0.05, 0.1) is 10.4 Å². The van der Waals surface area contributed by atoms with Gasteiger partial charge in [-0.15, -0.1) is 0 Å². The molecule has 172 valence electrons. The number of aryl methyl sites for hydroxylation is 1. The Kier molecular flexibility index (Phi) is 5.37. The molecule has 2 aliphatic rings. The molecule has 9 heteroatoms. The minimum atomic E-state index is -3.83. The van der Waals surface area contributed by atoms with E-state index in [0.717, 1.165) is 5.56 Å². The lowest BCUT2D eigenvalue weighted by atomic mass is 10.1. The summed E-state index contributed by atoms with van der Waals surface area (Å²) in [7, 11) is -3.83. The lowest BCUT2D eigenvalue weighted by Gasteiger charge is -2.24. The lowest BCUT2D eigenvalue weighted by Crippen LogP contribution is -2.49. The fraction of sp³-hybridized carbons (Fsp3) is 0.435. The number of carbonyl (C=O) groups is 1. The van der Waals surface area contributed by atoms with Crippen LogP contribution in [0.3, 0.4) is 0 Å². The average molecular weight is 461 g/mol. The standard InChI is InChI=1S/C23H28N2O6S/c1-14-5-8-16(9-6-14)32(27,28)20-19(15-7-10-17-18(11-15)30-13-29-17)23(20,12-24)25-21(26)31-22(2,3)4/h5-11,19-20H,12-13,24H2,1-4H3,(H,25,26). The number of hydrogen-bond donors (Lipinski definition) is 2. The smallest absolute Gasteiger partial charge is 0.408 e. The van der Waals surface area contributed by atoms with Crippen LogP contribution in [0.5, 0.6) is 11.5 Å². The monoisotopic (exact) mass is 460 g/mol. The number of benzene rings is 2. The Bertz CT molecular complexity index is 1140. The highest BCUT2D eigenvalue weighted by Gasteiger charge is 2.72. The zero-order valence-electron chi connectivity index (χ0n) is 18.5. The van der Waals surface area contributed by atoms with Crippen LogP contribution in [0.1, 0.15) is 37.8 Å². The molecule has 0 bridgehead atoms. The lowest BCUT2D eigenvalue weighted by molar-refractivity contribution is 0.0497. The van der Waals surface area contributed by atoms with E-state index in [1.165, 1.54) is 0 Å². The molecular formula is C23H28N2O6S. The van der Waals surface area contributed by atoms with Gasteiger partial charge >= 0.3 is 6.09 Å². The molecule has 2 aromatic rings. The highest BCUT2D eigenvalue weighted by atomic mass is 32.2. The third kappa shape index (κ3) is 3.91. The van der Waals surface area contributed by atoms with Crippen LogP contribution in [0.15, 0.2) is 47.4 Å². The van der Waals surface area contributed by atoms with E-state index in [0.29, 0.717) is 17.1 Å². The molecule has 0 radical (unpaired) electrons. The first-order chi connectivity index (χ1) is 15.0. The first-order valence-corrected chi connectivity index (χ1v) is 11.9. The van der Waals surface area contributed by atoms with Crippen molar-refractivity contribution in [1.29, 1.82) is 0 Å². The fourth-order valence-electron chi connectivity index (χ4n) is 4.25. The number of sulfone groups is 1. The van der Waals surface area contributed by atoms with E-state index in [1.54, 1.807) is 63.2 Å². The molecule has 3 unspecified atom stereocenters. The molecular weight excluding hydrogens is 432 g/mol. The van der Waals surface area contributed by atoms with Gasteiger partial charge in [0.1, 0.15) is 10.9 Å². The minimum Gasteiger partial charge on any atom is -0.454 e. The first kappa shape index (κ1) is 22.4. The number of amides is 1. The van der Waals surface area contributed by atoms with Gasteiger partial charge < -0.3 is 25.3 Å². The summed E-state index contributed by atoms with van der Waals surface area (Å²) in [5.41, 5.74) is 5.80. The van der Waals surface area contributed by atoms with Crippen LogP contribution in [0, 0.1) is 6.92 Å². The van der Waals surface area contributed by atoms with Crippen LogP contribution >= 0.6 is 0 Å². The second kappa shape index (κ2) is 7.67. The van der Waals surface area contributed by atoms with Gasteiger partial charge in [0.2, 0.25) is 6.79 Å². The first-order valence-electron chi connectivity index (χ1n) is 10.4. The zero-order valence-corrected chi connectivity index (χ0v) is 19.4. The Morgan fingerprint density at radius 3 is 2.44 bits per heavy atom. The Labute approximate surface area is 188 Å². The highest BCUT2D eigenvalue weighted by molar-refractivity contribution is 7.92. The molecule has 0 aromatic heterocycles. The van der Waals surface area contributed by atoms with E-state index in [2.05, 4.69) is 5.32 Å². The van der Waals surface area contributed by atoms with Crippen molar-refractivity contribution >= 4 is 15.9 Å². The summed E-state index contributed by atoms with van der Waals surface area (Å²) >= 11 is 0. The van der Waals surface area contributed by atoms with Gasteiger partial charge in [-0.3, -0.25) is 0 Å². The van der Waals surface area contributed by atoms with Gasteiger partial charge in [0.25, 0.3) is 0 Å². The third-order valence-corrected chi connectivity index (χ3v) is 8.06. The number of ether oxygens (including phenoxy) is 3. The topological polar surface area (TPSA) is 117 Å². The van der Waals surface area contributed by atoms with E-state index in [4.69, 9.17) is 19.9 Å². The summed E-state index contributed by atoms with van der Waals surface area (Å²) in [5, 5.41) is 1.83. The molecule has 32 heavy (non-hydrogen) atoms. The molecule has 3 atom stereocenters. The van der Waals surface area contributed by atoms with Crippen molar-refractivity contribution in [2.45, 2.75) is 54.9 Å². The Morgan fingerprint density at radius 1 is 1.16 bits per heavy atom. The van der Waals surface area contributed by atoms with Crippen molar-refractivity contribution in [2.24, 2.45) is 5.73 Å². The normalized spacial score (nSPS) is 24.2. The van der Waals surface area contributed by atoms with E-state index >= 15 is 0 Å². The average Bonchev–Trinajstić information content (AvgIpc) is 3.13. The van der Waals surface area contributed by atoms with Crippen LogP contribution in [-0.2, 0) is 14.6 Å². The minimum absolute atomic E-state index is 0.0822. The SMILES string of the molecule is Cc1ccc(S(=O)(=O)C2C(c3ccc4c(c3)OCO4)C2(CN)NC(=O)OC(C)(C)C)cc1. The molecule has 1 fully saturated rings. The summed E-state index contributed by atoms with van der Waals surface area (Å²) in [5.74, 6) is 0.538. The molecule has 8 nitrogen and oxygen atoms in total. The van der Waals surface area contributed by atoms with E-state index < -0.39 is 38.2 Å². The Morgan fingerprint density at radius 2 is 1.81 bits per heavy atom. The number of carbonyl (C=O) groups excluding carboxylic acids is 1. The molecule has 3 N–H and O–H groups in total. The number of fused-ring (bicyclic) bond motifs is 1. The van der Waals surface area contributed by atoms with Crippen molar-refractivity contribution < 1.29 is 27.4 Å². The summed E-state index contributed by atoms with van der Waals surface area (Å²) in [6, 6.07) is 11.9. The Balaban J connectivity index is 1.75. The molecule has 0 saturated heterocycles. The number of nitrogens with two attached hydrogens (primary N) is 1. The summed E-state index contributed by atoms with van der Waals surface area (Å²) in [6.07, 6.45) is -0.713. The number of hydrogen-bond acceptors (Lipinski definition) is 7. The summed E-state index contributed by atoms with van der Waals surface area (Å²) in [6.45, 7) is 7.13. The predicted octanol–water partition coefficient (Wildman–Crippen LogP) is 2.89. The van der Waals surface area contributed by atoms with Crippen molar-refractivity contribution in [3.05, 3.63) is 53.6 Å². The number of rotatable bonds is 5. The van der Waals surface area contributed by atoms with Gasteiger partial charge in [0.15, 0.2) is 21.3 Å². The molecule has 1 saturated carbocycles. The van der Waals surface area contributed by atoms with E-state index in [1.807, 2.05) is 6.92 Å². The van der Waals surface area contributed by atoms with Crippen LogP contribution in [-0.4, -0.2) is 44.2 Å². The van der Waals surface area contributed by atoms with Gasteiger partial charge in [0, 0.05) is 12.5 Å². The second-order valence-electron chi connectivity index (χ2n) is 9.24. The largest absolute Gasteiger partial charge is 0.454 e. The molecule has 1 heterocycles. The van der Waals surface area contributed by atoms with Crippen molar-refractivity contribution in [2.75, 3.05) is 13.3 Å². The van der Waals surface area contributed by atoms with Crippen LogP contribution in [0.4, 0.5) is 4.79 Å². The molecule has 4 rings (SSSR count). The summed E-state index contributed by atoms with van der Waals surface area (Å²) in [4.78, 5) is 12.8. The maximum Gasteiger partial charge on any atom is 0.408 e. The van der Waals surface area contributed by atoms with E-state index in [-0.39, 0.29) is 18.2 Å². The maximum atomic E-state index is 13.7. The number of nitrogens with one attached hydrogen (secondary N) is 1. The molecule has 1 amide bonds. The van der Waals surface area contributed by atoms with Crippen LogP contribution in [0.2, 0.25) is 0 Å². The molecule has 0 spiro atoms. The van der Waals surface area contributed by atoms with Crippen LogP contribution in [0.25, 0.3) is 0 Å².